The molecule has 2 heteroatoms. The lowest BCUT2D eigenvalue weighted by atomic mass is 9.73. The molecule has 0 aromatic carbocycles. The van der Waals surface area contributed by atoms with Gasteiger partial charge >= 0.3 is 0 Å². The number of hydrogen-bond donors (Lipinski definition) is 1. The van der Waals surface area contributed by atoms with Crippen molar-refractivity contribution in [1.82, 2.24) is 0 Å². The fourth-order valence-corrected chi connectivity index (χ4v) is 2.36. The molecule has 0 aromatic heterocycles. The van der Waals surface area contributed by atoms with Crippen LogP contribution in [0.25, 0.3) is 0 Å². The van der Waals surface area contributed by atoms with Crippen molar-refractivity contribution in [3.05, 3.63) is 0 Å². The molecule has 0 radical (unpaired) electrons. The number of rotatable bonds is 4. The molecule has 14 heavy (non-hydrogen) atoms. The van der Waals surface area contributed by atoms with Crippen molar-refractivity contribution < 1.29 is 4.74 Å². The van der Waals surface area contributed by atoms with Gasteiger partial charge in [0.25, 0.3) is 0 Å². The summed E-state index contributed by atoms with van der Waals surface area (Å²) in [7, 11) is 0. The SMILES string of the molecule is CCCOC1(CN)CCC(C)C(C)C1. The first-order valence-corrected chi connectivity index (χ1v) is 5.97. The predicted molar refractivity (Wildman–Crippen MR) is 60.2 cm³/mol. The van der Waals surface area contributed by atoms with Crippen LogP contribution in [0.3, 0.4) is 0 Å². The molecule has 84 valence electrons. The Kier molecular flexibility index (Phi) is 4.39. The van der Waals surface area contributed by atoms with Crippen molar-refractivity contribution in [2.75, 3.05) is 13.2 Å². The summed E-state index contributed by atoms with van der Waals surface area (Å²) in [6.45, 7) is 8.36. The van der Waals surface area contributed by atoms with E-state index < -0.39 is 0 Å². The van der Waals surface area contributed by atoms with Gasteiger partial charge in [0.2, 0.25) is 0 Å². The van der Waals surface area contributed by atoms with Gasteiger partial charge in [-0.25, -0.2) is 0 Å². The van der Waals surface area contributed by atoms with Crippen LogP contribution in [0.1, 0.15) is 46.5 Å². The van der Waals surface area contributed by atoms with E-state index in [0.717, 1.165) is 37.7 Å². The highest BCUT2D eigenvalue weighted by Gasteiger charge is 2.37. The van der Waals surface area contributed by atoms with Gasteiger partial charge in [0.15, 0.2) is 0 Å². The minimum Gasteiger partial charge on any atom is -0.374 e. The normalized spacial score (nSPS) is 38.6. The van der Waals surface area contributed by atoms with Gasteiger partial charge in [-0.2, -0.15) is 0 Å². The highest BCUT2D eigenvalue weighted by molar-refractivity contribution is 4.90. The summed E-state index contributed by atoms with van der Waals surface area (Å²) in [6.07, 6.45) is 4.65. The second-order valence-electron chi connectivity index (χ2n) is 4.93. The number of ether oxygens (including phenoxy) is 1. The minimum absolute atomic E-state index is 0.00192. The maximum atomic E-state index is 5.96. The lowest BCUT2D eigenvalue weighted by molar-refractivity contribution is -0.0837. The molecule has 0 spiro atoms. The summed E-state index contributed by atoms with van der Waals surface area (Å²) in [4.78, 5) is 0. The third-order valence-electron chi connectivity index (χ3n) is 3.71. The second-order valence-corrected chi connectivity index (χ2v) is 4.93. The smallest absolute Gasteiger partial charge is 0.0806 e. The Morgan fingerprint density at radius 1 is 1.36 bits per heavy atom. The van der Waals surface area contributed by atoms with Crippen molar-refractivity contribution in [3.63, 3.8) is 0 Å². The maximum Gasteiger partial charge on any atom is 0.0806 e. The molecule has 1 fully saturated rings. The van der Waals surface area contributed by atoms with Gasteiger partial charge in [-0.15, -0.1) is 0 Å². The van der Waals surface area contributed by atoms with E-state index in [9.17, 15) is 0 Å². The molecule has 0 saturated heterocycles. The van der Waals surface area contributed by atoms with Crippen LogP contribution in [0.15, 0.2) is 0 Å². The highest BCUT2D eigenvalue weighted by atomic mass is 16.5. The second kappa shape index (κ2) is 5.13. The third kappa shape index (κ3) is 2.71. The minimum atomic E-state index is 0.00192. The number of nitrogens with two attached hydrogens (primary N) is 1. The van der Waals surface area contributed by atoms with Crippen LogP contribution in [-0.4, -0.2) is 18.8 Å². The molecular weight excluding hydrogens is 174 g/mol. The summed E-state index contributed by atoms with van der Waals surface area (Å²) in [6, 6.07) is 0. The van der Waals surface area contributed by atoms with Gasteiger partial charge in [-0.3, -0.25) is 0 Å². The summed E-state index contributed by atoms with van der Waals surface area (Å²) >= 11 is 0. The van der Waals surface area contributed by atoms with Crippen LogP contribution in [0.2, 0.25) is 0 Å². The Bertz CT molecular complexity index is 168. The van der Waals surface area contributed by atoms with Crippen LogP contribution in [0.5, 0.6) is 0 Å². The first kappa shape index (κ1) is 12.0. The largest absolute Gasteiger partial charge is 0.374 e. The average Bonchev–Trinajstić information content (AvgIpc) is 2.20. The van der Waals surface area contributed by atoms with Gasteiger partial charge < -0.3 is 10.5 Å². The van der Waals surface area contributed by atoms with Gasteiger partial charge in [-0.05, 0) is 37.5 Å². The fourth-order valence-electron chi connectivity index (χ4n) is 2.36. The maximum absolute atomic E-state index is 5.96. The average molecular weight is 199 g/mol. The molecule has 2 nitrogen and oxygen atoms in total. The Morgan fingerprint density at radius 2 is 2.07 bits per heavy atom. The zero-order valence-corrected chi connectivity index (χ0v) is 9.88. The third-order valence-corrected chi connectivity index (χ3v) is 3.71. The molecule has 1 rings (SSSR count). The summed E-state index contributed by atoms with van der Waals surface area (Å²) in [5, 5.41) is 0. The van der Waals surface area contributed by atoms with E-state index in [2.05, 4.69) is 20.8 Å². The lowest BCUT2D eigenvalue weighted by Crippen LogP contribution is -2.46. The Labute approximate surface area is 88.2 Å². The zero-order valence-electron chi connectivity index (χ0n) is 9.88. The standard InChI is InChI=1S/C12H25NO/c1-4-7-14-12(9-13)6-5-10(2)11(3)8-12/h10-11H,4-9,13H2,1-3H3. The molecule has 0 aromatic rings. The van der Waals surface area contributed by atoms with Crippen molar-refractivity contribution in [1.29, 1.82) is 0 Å². The van der Waals surface area contributed by atoms with E-state index in [1.54, 1.807) is 0 Å². The van der Waals surface area contributed by atoms with E-state index in [1.807, 2.05) is 0 Å². The highest BCUT2D eigenvalue weighted by Crippen LogP contribution is 2.37. The zero-order chi connectivity index (χ0) is 10.6. The summed E-state index contributed by atoms with van der Waals surface area (Å²) in [5.41, 5.74) is 5.86. The Balaban J connectivity index is 2.52. The van der Waals surface area contributed by atoms with E-state index in [4.69, 9.17) is 10.5 Å². The number of hydrogen-bond acceptors (Lipinski definition) is 2. The van der Waals surface area contributed by atoms with Crippen LogP contribution < -0.4 is 5.73 Å². The molecule has 2 N–H and O–H groups in total. The molecular formula is C12H25NO. The van der Waals surface area contributed by atoms with Gasteiger partial charge in [0, 0.05) is 13.2 Å². The molecule has 0 bridgehead atoms. The summed E-state index contributed by atoms with van der Waals surface area (Å²) < 4.78 is 5.96. The first-order chi connectivity index (χ1) is 6.63. The molecule has 1 saturated carbocycles. The van der Waals surface area contributed by atoms with Crippen molar-refractivity contribution >= 4 is 0 Å². The van der Waals surface area contributed by atoms with Crippen molar-refractivity contribution in [2.24, 2.45) is 17.6 Å². The quantitative estimate of drug-likeness (QED) is 0.755. The van der Waals surface area contributed by atoms with E-state index >= 15 is 0 Å². The molecule has 0 aliphatic heterocycles. The van der Waals surface area contributed by atoms with Crippen LogP contribution in [0.4, 0.5) is 0 Å². The molecule has 3 unspecified atom stereocenters. The molecule has 1 aliphatic rings. The van der Waals surface area contributed by atoms with Gasteiger partial charge in [-0.1, -0.05) is 20.8 Å². The van der Waals surface area contributed by atoms with E-state index in [1.165, 1.54) is 6.42 Å². The van der Waals surface area contributed by atoms with Crippen LogP contribution in [-0.2, 0) is 4.74 Å². The Hall–Kier alpha value is -0.0800. The van der Waals surface area contributed by atoms with Crippen molar-refractivity contribution in [3.8, 4) is 0 Å². The molecule has 3 atom stereocenters. The topological polar surface area (TPSA) is 35.2 Å². The van der Waals surface area contributed by atoms with Gasteiger partial charge in [0.05, 0.1) is 5.60 Å². The fraction of sp³-hybridized carbons (Fsp3) is 1.00. The van der Waals surface area contributed by atoms with Crippen LogP contribution in [0, 0.1) is 11.8 Å². The molecule has 0 heterocycles. The first-order valence-electron chi connectivity index (χ1n) is 5.97. The van der Waals surface area contributed by atoms with Crippen LogP contribution >= 0.6 is 0 Å². The van der Waals surface area contributed by atoms with E-state index in [0.29, 0.717) is 6.54 Å². The Morgan fingerprint density at radius 3 is 2.57 bits per heavy atom. The van der Waals surface area contributed by atoms with Crippen molar-refractivity contribution in [2.45, 2.75) is 52.1 Å². The lowest BCUT2D eigenvalue weighted by Gasteiger charge is -2.42. The predicted octanol–water partition coefficient (Wildman–Crippen LogP) is 2.57. The molecule has 0 amide bonds. The summed E-state index contributed by atoms with van der Waals surface area (Å²) in [5.74, 6) is 1.59. The molecule has 1 aliphatic carbocycles. The van der Waals surface area contributed by atoms with E-state index in [-0.39, 0.29) is 5.60 Å². The van der Waals surface area contributed by atoms with Gasteiger partial charge in [0.1, 0.15) is 0 Å². The monoisotopic (exact) mass is 199 g/mol.